The summed E-state index contributed by atoms with van der Waals surface area (Å²) in [6.07, 6.45) is 6.71. The molecule has 0 atom stereocenters. The summed E-state index contributed by atoms with van der Waals surface area (Å²) in [5.74, 6) is 0.883. The molecule has 154 valence electrons. The maximum absolute atomic E-state index is 12.4. The Balaban J connectivity index is 1.76. The van der Waals surface area contributed by atoms with Crippen molar-refractivity contribution in [1.29, 1.82) is 0 Å². The monoisotopic (exact) mass is 406 g/mol. The van der Waals surface area contributed by atoms with Gasteiger partial charge in [-0.25, -0.2) is 17.7 Å². The lowest BCUT2D eigenvalue weighted by atomic mass is 9.95. The predicted octanol–water partition coefficient (Wildman–Crippen LogP) is 2.69. The SMILES string of the molecule is CCn1c(CCC(=O)NC2CCCCC2)nc2cc(S(=O)(=O)N(C)C)ccc21. The average Bonchev–Trinajstić information content (AvgIpc) is 3.03. The van der Waals surface area contributed by atoms with Gasteiger partial charge < -0.3 is 9.88 Å². The van der Waals surface area contributed by atoms with Crippen LogP contribution in [-0.2, 0) is 27.8 Å². The number of hydrogen-bond acceptors (Lipinski definition) is 4. The number of sulfonamides is 1. The van der Waals surface area contributed by atoms with Gasteiger partial charge >= 0.3 is 0 Å². The number of aryl methyl sites for hydroxylation is 2. The fourth-order valence-corrected chi connectivity index (χ4v) is 4.77. The van der Waals surface area contributed by atoms with E-state index in [1.165, 1.54) is 37.7 Å². The second-order valence-corrected chi connectivity index (χ2v) is 9.76. The summed E-state index contributed by atoms with van der Waals surface area (Å²) in [7, 11) is -0.472. The Morgan fingerprint density at radius 2 is 1.96 bits per heavy atom. The Morgan fingerprint density at radius 1 is 1.25 bits per heavy atom. The zero-order valence-electron chi connectivity index (χ0n) is 16.9. The molecule has 0 aliphatic heterocycles. The first kappa shape index (κ1) is 20.8. The largest absolute Gasteiger partial charge is 0.353 e. The van der Waals surface area contributed by atoms with E-state index in [9.17, 15) is 13.2 Å². The quantitative estimate of drug-likeness (QED) is 0.766. The van der Waals surface area contributed by atoms with Crippen LogP contribution in [0.5, 0.6) is 0 Å². The zero-order valence-corrected chi connectivity index (χ0v) is 17.8. The predicted molar refractivity (Wildman–Crippen MR) is 110 cm³/mol. The van der Waals surface area contributed by atoms with Gasteiger partial charge in [0.05, 0.1) is 15.9 Å². The molecule has 0 spiro atoms. The van der Waals surface area contributed by atoms with E-state index in [-0.39, 0.29) is 10.8 Å². The minimum Gasteiger partial charge on any atom is -0.353 e. The van der Waals surface area contributed by atoms with Crippen molar-refractivity contribution in [2.24, 2.45) is 0 Å². The van der Waals surface area contributed by atoms with E-state index in [0.29, 0.717) is 24.4 Å². The molecule has 0 bridgehead atoms. The van der Waals surface area contributed by atoms with Crippen molar-refractivity contribution in [3.05, 3.63) is 24.0 Å². The van der Waals surface area contributed by atoms with Gasteiger partial charge in [0.25, 0.3) is 0 Å². The number of aromatic nitrogens is 2. The molecule has 8 heteroatoms. The van der Waals surface area contributed by atoms with Crippen LogP contribution in [0.15, 0.2) is 23.1 Å². The molecule has 1 aliphatic rings. The number of carbonyl (C=O) groups is 1. The number of benzene rings is 1. The van der Waals surface area contributed by atoms with Gasteiger partial charge in [-0.15, -0.1) is 0 Å². The molecular formula is C20H30N4O3S. The molecule has 2 aromatic rings. The Labute approximate surface area is 167 Å². The summed E-state index contributed by atoms with van der Waals surface area (Å²) < 4.78 is 28.0. The average molecular weight is 407 g/mol. The third kappa shape index (κ3) is 4.38. The van der Waals surface area contributed by atoms with Crippen LogP contribution in [0.2, 0.25) is 0 Å². The number of fused-ring (bicyclic) bond motifs is 1. The first-order valence-corrected chi connectivity index (χ1v) is 11.5. The molecule has 1 heterocycles. The van der Waals surface area contributed by atoms with Crippen LogP contribution in [-0.4, -0.2) is 48.3 Å². The second-order valence-electron chi connectivity index (χ2n) is 7.61. The van der Waals surface area contributed by atoms with E-state index < -0.39 is 10.0 Å². The molecule has 1 saturated carbocycles. The maximum Gasteiger partial charge on any atom is 0.242 e. The lowest BCUT2D eigenvalue weighted by Gasteiger charge is -2.22. The molecule has 28 heavy (non-hydrogen) atoms. The third-order valence-corrected chi connectivity index (χ3v) is 7.25. The lowest BCUT2D eigenvalue weighted by molar-refractivity contribution is -0.122. The van der Waals surface area contributed by atoms with E-state index >= 15 is 0 Å². The maximum atomic E-state index is 12.4. The smallest absolute Gasteiger partial charge is 0.242 e. The Kier molecular flexibility index (Phi) is 6.40. The highest BCUT2D eigenvalue weighted by atomic mass is 32.2. The molecule has 1 N–H and O–H groups in total. The van der Waals surface area contributed by atoms with Crippen molar-refractivity contribution in [2.75, 3.05) is 14.1 Å². The number of carbonyl (C=O) groups excluding carboxylic acids is 1. The van der Waals surface area contributed by atoms with E-state index in [0.717, 1.165) is 30.7 Å². The first-order valence-electron chi connectivity index (χ1n) is 10.0. The summed E-state index contributed by atoms with van der Waals surface area (Å²) in [6, 6.07) is 5.34. The Morgan fingerprint density at radius 3 is 2.61 bits per heavy atom. The second kappa shape index (κ2) is 8.61. The van der Waals surface area contributed by atoms with Crippen molar-refractivity contribution in [3.63, 3.8) is 0 Å². The Hall–Kier alpha value is -1.93. The molecular weight excluding hydrogens is 376 g/mol. The number of hydrogen-bond donors (Lipinski definition) is 1. The molecule has 0 saturated heterocycles. The van der Waals surface area contributed by atoms with Gasteiger partial charge in [-0.05, 0) is 38.0 Å². The van der Waals surface area contributed by atoms with Crippen molar-refractivity contribution >= 4 is 27.0 Å². The topological polar surface area (TPSA) is 84.3 Å². The van der Waals surface area contributed by atoms with E-state index in [4.69, 9.17) is 0 Å². The molecule has 0 unspecified atom stereocenters. The first-order chi connectivity index (χ1) is 13.3. The summed E-state index contributed by atoms with van der Waals surface area (Å²) >= 11 is 0. The minimum atomic E-state index is -3.50. The van der Waals surface area contributed by atoms with Gasteiger partial charge in [-0.3, -0.25) is 4.79 Å². The van der Waals surface area contributed by atoms with Crippen molar-refractivity contribution < 1.29 is 13.2 Å². The number of rotatable bonds is 7. The fraction of sp³-hybridized carbons (Fsp3) is 0.600. The van der Waals surface area contributed by atoms with E-state index in [2.05, 4.69) is 14.9 Å². The summed E-state index contributed by atoms with van der Waals surface area (Å²) in [5, 5.41) is 3.14. The highest BCUT2D eigenvalue weighted by Gasteiger charge is 2.20. The molecule has 7 nitrogen and oxygen atoms in total. The fourth-order valence-electron chi connectivity index (χ4n) is 3.85. The number of nitrogens with one attached hydrogen (secondary N) is 1. The molecule has 1 fully saturated rings. The van der Waals surface area contributed by atoms with Gasteiger partial charge in [0.15, 0.2) is 0 Å². The zero-order chi connectivity index (χ0) is 20.3. The van der Waals surface area contributed by atoms with Gasteiger partial charge in [0, 0.05) is 39.5 Å². The summed E-state index contributed by atoms with van der Waals surface area (Å²) in [4.78, 5) is 17.2. The minimum absolute atomic E-state index is 0.0671. The molecule has 1 aliphatic carbocycles. The number of imidazole rings is 1. The van der Waals surface area contributed by atoms with Crippen molar-refractivity contribution in [3.8, 4) is 0 Å². The highest BCUT2D eigenvalue weighted by Crippen LogP contribution is 2.23. The van der Waals surface area contributed by atoms with E-state index in [1.807, 2.05) is 6.92 Å². The number of amides is 1. The molecule has 0 radical (unpaired) electrons. The molecule has 1 amide bonds. The van der Waals surface area contributed by atoms with Crippen molar-refractivity contribution in [1.82, 2.24) is 19.2 Å². The third-order valence-electron chi connectivity index (χ3n) is 5.44. The van der Waals surface area contributed by atoms with E-state index in [1.54, 1.807) is 18.2 Å². The van der Waals surface area contributed by atoms with Crippen LogP contribution in [0, 0.1) is 0 Å². The van der Waals surface area contributed by atoms with Crippen molar-refractivity contribution in [2.45, 2.75) is 69.4 Å². The number of nitrogens with zero attached hydrogens (tertiary/aromatic N) is 3. The molecule has 1 aromatic carbocycles. The normalized spacial score (nSPS) is 16.0. The van der Waals surface area contributed by atoms with Gasteiger partial charge in [-0.1, -0.05) is 19.3 Å². The standard InChI is InChI=1S/C20H30N4O3S/c1-4-24-18-11-10-16(28(26,27)23(2)3)14-17(18)22-19(24)12-13-20(25)21-15-8-6-5-7-9-15/h10-11,14-15H,4-9,12-13H2,1-3H3,(H,21,25). The molecule has 3 rings (SSSR count). The van der Waals surface area contributed by atoms with Crippen LogP contribution in [0.25, 0.3) is 11.0 Å². The highest BCUT2D eigenvalue weighted by molar-refractivity contribution is 7.89. The van der Waals surface area contributed by atoms with Crippen LogP contribution in [0.1, 0.15) is 51.3 Å². The molecule has 1 aromatic heterocycles. The van der Waals surface area contributed by atoms with Crippen LogP contribution in [0.4, 0.5) is 0 Å². The van der Waals surface area contributed by atoms with Crippen LogP contribution in [0.3, 0.4) is 0 Å². The summed E-state index contributed by atoms with van der Waals surface area (Å²) in [5.41, 5.74) is 1.54. The Bertz CT molecular complexity index is 944. The summed E-state index contributed by atoms with van der Waals surface area (Å²) in [6.45, 7) is 2.74. The lowest BCUT2D eigenvalue weighted by Crippen LogP contribution is -2.36. The van der Waals surface area contributed by atoms with Gasteiger partial charge in [-0.2, -0.15) is 0 Å². The van der Waals surface area contributed by atoms with Gasteiger partial charge in [0.1, 0.15) is 5.82 Å². The van der Waals surface area contributed by atoms with Crippen LogP contribution >= 0.6 is 0 Å². The van der Waals surface area contributed by atoms with Gasteiger partial charge in [0.2, 0.25) is 15.9 Å². The van der Waals surface area contributed by atoms with Crippen LogP contribution < -0.4 is 5.32 Å².